The van der Waals surface area contributed by atoms with Crippen LogP contribution < -0.4 is 10.9 Å². The van der Waals surface area contributed by atoms with E-state index in [1.807, 2.05) is 0 Å². The van der Waals surface area contributed by atoms with Crippen LogP contribution in [-0.2, 0) is 21.3 Å². The zero-order valence-corrected chi connectivity index (χ0v) is 29.4. The van der Waals surface area contributed by atoms with Gasteiger partial charge in [-0.2, -0.15) is 0 Å². The van der Waals surface area contributed by atoms with Gasteiger partial charge in [0.05, 0.1) is 46.1 Å². The van der Waals surface area contributed by atoms with Crippen molar-refractivity contribution in [2.24, 2.45) is 7.05 Å². The van der Waals surface area contributed by atoms with E-state index in [2.05, 4.69) is 27.5 Å². The summed E-state index contributed by atoms with van der Waals surface area (Å²) in [5.41, 5.74) is 0.464. The maximum atomic E-state index is 14.1. The number of benzene rings is 2. The normalized spacial score (nSPS) is 11.8. The minimum absolute atomic E-state index is 0.0350. The third-order valence-corrected chi connectivity index (χ3v) is 8.67. The van der Waals surface area contributed by atoms with E-state index in [0.717, 1.165) is 19.3 Å². The highest BCUT2D eigenvalue weighted by Crippen LogP contribution is 2.27. The van der Waals surface area contributed by atoms with E-state index < -0.39 is 23.9 Å². The molecule has 2 aromatic carbocycles. The first kappa shape index (κ1) is 37.2. The van der Waals surface area contributed by atoms with E-state index in [0.29, 0.717) is 10.9 Å². The smallest absolute Gasteiger partial charge is 0.360 e. The molecule has 1 unspecified atom stereocenters. The second-order valence-electron chi connectivity index (χ2n) is 11.9. The van der Waals surface area contributed by atoms with E-state index in [1.54, 1.807) is 38.1 Å². The number of para-hydroxylation sites is 1. The molecule has 4 rings (SSSR count). The Balaban J connectivity index is 1.51. The molecular formula is C36H45ClN6O6. The van der Waals surface area contributed by atoms with Crippen molar-refractivity contribution in [3.63, 3.8) is 0 Å². The fraction of sp³-hybridized carbons (Fsp3) is 0.472. The average molecular weight is 693 g/mol. The van der Waals surface area contributed by atoms with Crippen molar-refractivity contribution < 1.29 is 23.9 Å². The van der Waals surface area contributed by atoms with Crippen molar-refractivity contribution in [2.75, 3.05) is 18.5 Å². The van der Waals surface area contributed by atoms with Crippen LogP contribution in [0.3, 0.4) is 0 Å². The van der Waals surface area contributed by atoms with Crippen LogP contribution in [0.4, 0.5) is 5.69 Å². The summed E-state index contributed by atoms with van der Waals surface area (Å²) in [6.45, 7) is 5.85. The molecule has 13 heteroatoms. The van der Waals surface area contributed by atoms with Gasteiger partial charge in [-0.25, -0.2) is 19.3 Å². The van der Waals surface area contributed by atoms with E-state index in [-0.39, 0.29) is 52.3 Å². The molecule has 1 atom stereocenters. The van der Waals surface area contributed by atoms with Gasteiger partial charge in [-0.1, -0.05) is 93.7 Å². The van der Waals surface area contributed by atoms with Crippen LogP contribution in [0, 0.1) is 6.92 Å². The largest absolute Gasteiger partial charge is 0.462 e. The van der Waals surface area contributed by atoms with Crippen LogP contribution in [-0.4, -0.2) is 55.6 Å². The number of nitrogens with one attached hydrogen (secondary N) is 1. The average Bonchev–Trinajstić information content (AvgIpc) is 3.47. The monoisotopic (exact) mass is 692 g/mol. The number of nitrogens with zero attached hydrogens (tertiary/aromatic N) is 5. The highest BCUT2D eigenvalue weighted by atomic mass is 35.5. The number of ether oxygens (including phenoxy) is 2. The van der Waals surface area contributed by atoms with Gasteiger partial charge in [-0.3, -0.25) is 14.2 Å². The Kier molecular flexibility index (Phi) is 13.9. The molecule has 0 aliphatic rings. The first-order chi connectivity index (χ1) is 23.7. The van der Waals surface area contributed by atoms with Gasteiger partial charge in [0.25, 0.3) is 11.5 Å². The van der Waals surface area contributed by atoms with Gasteiger partial charge in [0.15, 0.2) is 11.7 Å². The number of fused-ring (bicyclic) bond motifs is 1. The maximum absolute atomic E-state index is 14.1. The van der Waals surface area contributed by atoms with Crippen molar-refractivity contribution in [1.29, 1.82) is 0 Å². The molecule has 0 spiro atoms. The highest BCUT2D eigenvalue weighted by Gasteiger charge is 2.33. The summed E-state index contributed by atoms with van der Waals surface area (Å²) < 4.78 is 13.1. The van der Waals surface area contributed by atoms with Gasteiger partial charge in [-0.05, 0) is 50.6 Å². The Morgan fingerprint density at radius 1 is 0.898 bits per heavy atom. The van der Waals surface area contributed by atoms with Crippen LogP contribution in [0.25, 0.3) is 10.9 Å². The van der Waals surface area contributed by atoms with Crippen LogP contribution >= 0.6 is 11.6 Å². The maximum Gasteiger partial charge on any atom is 0.360 e. The topological polar surface area (TPSA) is 147 Å². The molecule has 0 aliphatic heterocycles. The molecular weight excluding hydrogens is 648 g/mol. The molecule has 1 N–H and O–H groups in total. The van der Waals surface area contributed by atoms with Gasteiger partial charge < -0.3 is 14.8 Å². The number of carbonyl (C=O) groups excluding carboxylic acids is 3. The first-order valence-corrected chi connectivity index (χ1v) is 17.4. The molecule has 0 aliphatic carbocycles. The molecule has 0 saturated heterocycles. The fourth-order valence-corrected chi connectivity index (χ4v) is 5.74. The molecule has 4 aromatic rings. The van der Waals surface area contributed by atoms with Gasteiger partial charge >= 0.3 is 11.9 Å². The van der Waals surface area contributed by atoms with Gasteiger partial charge in [-0.15, -0.1) is 5.10 Å². The zero-order chi connectivity index (χ0) is 35.3. The summed E-state index contributed by atoms with van der Waals surface area (Å²) >= 11 is 6.48. The van der Waals surface area contributed by atoms with Gasteiger partial charge in [0.1, 0.15) is 5.82 Å². The number of unbranched alkanes of at least 4 members (excludes halogenated alkanes) is 9. The number of rotatable bonds is 18. The summed E-state index contributed by atoms with van der Waals surface area (Å²) in [4.78, 5) is 57.6. The minimum atomic E-state index is -1.37. The lowest BCUT2D eigenvalue weighted by Gasteiger charge is -2.21. The molecule has 0 bridgehead atoms. The number of hydrogen-bond acceptors (Lipinski definition) is 9. The summed E-state index contributed by atoms with van der Waals surface area (Å²) in [6.07, 6.45) is 11.7. The first-order valence-electron chi connectivity index (χ1n) is 17.0. The molecule has 0 saturated carbocycles. The molecule has 49 heavy (non-hydrogen) atoms. The molecule has 262 valence electrons. The Labute approximate surface area is 291 Å². The van der Waals surface area contributed by atoms with Crippen molar-refractivity contribution in [3.8, 4) is 0 Å². The number of halogens is 1. The summed E-state index contributed by atoms with van der Waals surface area (Å²) in [5.74, 6) is -1.91. The number of carbonyl (C=O) groups is 3. The van der Waals surface area contributed by atoms with Crippen molar-refractivity contribution >= 4 is 46.0 Å². The predicted octanol–water partition coefficient (Wildman–Crippen LogP) is 6.97. The minimum Gasteiger partial charge on any atom is -0.462 e. The van der Waals surface area contributed by atoms with Crippen LogP contribution in [0.1, 0.15) is 116 Å². The standard InChI is InChI=1S/C36H45ClN6O6/c1-5-7-8-9-10-11-12-13-14-17-22-49-35(46)25-20-21-27(37)29(23-25)39-33(44)31(43-24(3)30(40-41-43)36(47)48-6-2)32-38-28-19-16-15-18-26(28)34(45)42(32)4/h15-16,18-21,23,31H,5-14,17,22H2,1-4H3,(H,39,44). The highest BCUT2D eigenvalue weighted by molar-refractivity contribution is 6.34. The van der Waals surface area contributed by atoms with Gasteiger partial charge in [0, 0.05) is 7.05 Å². The van der Waals surface area contributed by atoms with Crippen molar-refractivity contribution in [2.45, 2.75) is 91.0 Å². The van der Waals surface area contributed by atoms with Crippen molar-refractivity contribution in [3.05, 3.63) is 80.6 Å². The summed E-state index contributed by atoms with van der Waals surface area (Å²) in [7, 11) is 1.49. The number of amides is 1. The van der Waals surface area contributed by atoms with E-state index >= 15 is 0 Å². The number of aromatic nitrogens is 5. The Hall–Kier alpha value is -4.58. The Morgan fingerprint density at radius 3 is 2.27 bits per heavy atom. The quantitative estimate of drug-likeness (QED) is 0.0862. The molecule has 1 amide bonds. The fourth-order valence-electron chi connectivity index (χ4n) is 5.58. The molecule has 0 radical (unpaired) electrons. The lowest BCUT2D eigenvalue weighted by molar-refractivity contribution is -0.118. The van der Waals surface area contributed by atoms with Crippen LogP contribution in [0.2, 0.25) is 5.02 Å². The third kappa shape index (κ3) is 9.53. The molecule has 0 fully saturated rings. The Morgan fingerprint density at radius 2 is 1.57 bits per heavy atom. The van der Waals surface area contributed by atoms with E-state index in [1.165, 1.54) is 79.4 Å². The second-order valence-corrected chi connectivity index (χ2v) is 12.4. The molecule has 2 aromatic heterocycles. The van der Waals surface area contributed by atoms with Gasteiger partial charge in [0.2, 0.25) is 0 Å². The van der Waals surface area contributed by atoms with E-state index in [9.17, 15) is 19.2 Å². The summed E-state index contributed by atoms with van der Waals surface area (Å²) in [5, 5.41) is 11.4. The number of esters is 2. The Bertz CT molecular complexity index is 1820. The van der Waals surface area contributed by atoms with Crippen LogP contribution in [0.15, 0.2) is 47.3 Å². The number of anilines is 1. The second kappa shape index (κ2) is 18.3. The molecule has 12 nitrogen and oxygen atoms in total. The van der Waals surface area contributed by atoms with Crippen LogP contribution in [0.5, 0.6) is 0 Å². The zero-order valence-electron chi connectivity index (χ0n) is 28.7. The van der Waals surface area contributed by atoms with E-state index in [4.69, 9.17) is 21.1 Å². The SMILES string of the molecule is CCCCCCCCCCCCOC(=O)c1ccc(Cl)c(NC(=O)C(c2nc3ccccc3c(=O)n2C)n2nnc(C(=O)OCC)c2C)c1. The lowest BCUT2D eigenvalue weighted by Crippen LogP contribution is -2.35. The summed E-state index contributed by atoms with van der Waals surface area (Å²) in [6, 6.07) is 9.84. The predicted molar refractivity (Wildman–Crippen MR) is 188 cm³/mol. The molecule has 2 heterocycles. The lowest BCUT2D eigenvalue weighted by atomic mass is 10.1. The van der Waals surface area contributed by atoms with Crippen molar-refractivity contribution in [1.82, 2.24) is 24.5 Å². The number of hydrogen-bond donors (Lipinski definition) is 1. The third-order valence-electron chi connectivity index (χ3n) is 8.34.